The van der Waals surface area contributed by atoms with Crippen molar-refractivity contribution in [1.29, 1.82) is 0 Å². The topological polar surface area (TPSA) is 100 Å². The lowest BCUT2D eigenvalue weighted by Gasteiger charge is -2.31. The predicted octanol–water partition coefficient (Wildman–Crippen LogP) is -0.783. The van der Waals surface area contributed by atoms with Crippen LogP contribution in [-0.2, 0) is 14.8 Å². The van der Waals surface area contributed by atoms with Crippen LogP contribution < -0.4 is 15.5 Å². The number of halogens is 1. The van der Waals surface area contributed by atoms with E-state index in [0.29, 0.717) is 31.2 Å². The maximum Gasteiger partial charge on any atom is 0.321 e. The number of sulfonamides is 1. The van der Waals surface area contributed by atoms with Gasteiger partial charge in [0.25, 0.3) is 5.91 Å². The van der Waals surface area contributed by atoms with Crippen molar-refractivity contribution in [2.75, 3.05) is 32.7 Å². The number of rotatable bonds is 5. The van der Waals surface area contributed by atoms with Crippen LogP contribution in [0.5, 0.6) is 0 Å². The highest BCUT2D eigenvalue weighted by Crippen LogP contribution is 2.19. The van der Waals surface area contributed by atoms with Crippen LogP contribution >= 0.6 is 11.6 Å². The summed E-state index contributed by atoms with van der Waals surface area (Å²) in [5.74, 6) is -0.357. The van der Waals surface area contributed by atoms with E-state index in [9.17, 15) is 18.0 Å². The Morgan fingerprint density at radius 3 is 2.54 bits per heavy atom. The van der Waals surface area contributed by atoms with E-state index in [1.165, 1.54) is 16.4 Å². The SMILES string of the molecule is O=C(C[NH+]1CCN(S(=O)(=O)c2cccc(Cl)c2)CC1)NC(=O)NC1CC1. The molecule has 3 N–H and O–H groups in total. The number of hydrogen-bond donors (Lipinski definition) is 3. The van der Waals surface area contributed by atoms with Crippen molar-refractivity contribution in [3.63, 3.8) is 0 Å². The first-order valence-electron chi connectivity index (χ1n) is 8.54. The van der Waals surface area contributed by atoms with Gasteiger partial charge in [0.1, 0.15) is 0 Å². The van der Waals surface area contributed by atoms with E-state index in [4.69, 9.17) is 11.6 Å². The zero-order chi connectivity index (χ0) is 18.7. The molecular weight excluding hydrogens is 380 g/mol. The number of quaternary nitrogens is 1. The van der Waals surface area contributed by atoms with Crippen LogP contribution in [0.25, 0.3) is 0 Å². The van der Waals surface area contributed by atoms with Gasteiger partial charge < -0.3 is 10.2 Å². The molecule has 1 heterocycles. The fourth-order valence-electron chi connectivity index (χ4n) is 2.84. The normalized spacial score (nSPS) is 19.1. The van der Waals surface area contributed by atoms with Gasteiger partial charge >= 0.3 is 6.03 Å². The van der Waals surface area contributed by atoms with Crippen molar-refractivity contribution in [3.05, 3.63) is 29.3 Å². The highest BCUT2D eigenvalue weighted by molar-refractivity contribution is 7.89. The summed E-state index contributed by atoms with van der Waals surface area (Å²) >= 11 is 5.88. The third kappa shape index (κ3) is 4.94. The Kier molecular flexibility index (Phi) is 5.81. The summed E-state index contributed by atoms with van der Waals surface area (Å²) in [5.41, 5.74) is 0. The van der Waals surface area contributed by atoms with Crippen molar-refractivity contribution in [2.45, 2.75) is 23.8 Å². The molecule has 26 heavy (non-hydrogen) atoms. The molecule has 3 rings (SSSR count). The molecule has 142 valence electrons. The molecule has 1 aromatic carbocycles. The van der Waals surface area contributed by atoms with Crippen molar-refractivity contribution in [2.24, 2.45) is 0 Å². The zero-order valence-electron chi connectivity index (χ0n) is 14.2. The Balaban J connectivity index is 1.49. The van der Waals surface area contributed by atoms with Crippen LogP contribution in [0.4, 0.5) is 4.79 Å². The third-order valence-electron chi connectivity index (χ3n) is 4.44. The third-order valence-corrected chi connectivity index (χ3v) is 6.57. The second-order valence-corrected chi connectivity index (χ2v) is 8.96. The van der Waals surface area contributed by atoms with Crippen molar-refractivity contribution >= 4 is 33.6 Å². The smallest absolute Gasteiger partial charge is 0.321 e. The average Bonchev–Trinajstić information content (AvgIpc) is 3.39. The molecule has 0 aromatic heterocycles. The summed E-state index contributed by atoms with van der Waals surface area (Å²) in [7, 11) is -3.59. The first-order chi connectivity index (χ1) is 12.3. The van der Waals surface area contributed by atoms with E-state index in [2.05, 4.69) is 10.6 Å². The van der Waals surface area contributed by atoms with E-state index >= 15 is 0 Å². The van der Waals surface area contributed by atoms with Crippen LogP contribution in [0.2, 0.25) is 5.02 Å². The van der Waals surface area contributed by atoms with E-state index in [-0.39, 0.29) is 23.4 Å². The summed E-state index contributed by atoms with van der Waals surface area (Å²) < 4.78 is 26.7. The molecule has 8 nitrogen and oxygen atoms in total. The number of urea groups is 1. The number of nitrogens with zero attached hydrogens (tertiary/aromatic N) is 1. The molecule has 0 spiro atoms. The quantitative estimate of drug-likeness (QED) is 0.602. The maximum atomic E-state index is 12.6. The summed E-state index contributed by atoms with van der Waals surface area (Å²) in [4.78, 5) is 24.6. The number of carbonyl (C=O) groups excluding carboxylic acids is 2. The highest BCUT2D eigenvalue weighted by Gasteiger charge is 2.31. The molecule has 0 unspecified atom stereocenters. The van der Waals surface area contributed by atoms with E-state index < -0.39 is 16.1 Å². The molecule has 1 aliphatic heterocycles. The minimum Gasteiger partial charge on any atom is -0.335 e. The molecule has 0 radical (unpaired) electrons. The number of imide groups is 1. The number of nitrogens with one attached hydrogen (secondary N) is 3. The first kappa shape index (κ1) is 19.1. The lowest BCUT2D eigenvalue weighted by Crippen LogP contribution is -3.15. The van der Waals surface area contributed by atoms with Gasteiger partial charge in [-0.15, -0.1) is 0 Å². The molecule has 10 heteroatoms. The standard InChI is InChI=1S/C16H21ClN4O4S/c17-12-2-1-3-14(10-12)26(24,25)21-8-6-20(7-9-21)11-15(22)19-16(23)18-13-4-5-13/h1-3,10,13H,4-9,11H2,(H2,18,19,22,23)/p+1. The fourth-order valence-corrected chi connectivity index (χ4v) is 4.59. The van der Waals surface area contributed by atoms with Gasteiger partial charge in [0.15, 0.2) is 6.54 Å². The number of amides is 3. The Bertz CT molecular complexity index is 789. The van der Waals surface area contributed by atoms with Gasteiger partial charge in [0, 0.05) is 11.1 Å². The van der Waals surface area contributed by atoms with Crippen LogP contribution in [0.3, 0.4) is 0 Å². The summed E-state index contributed by atoms with van der Waals surface area (Å²) in [6.07, 6.45) is 1.91. The molecule has 0 atom stereocenters. The minimum atomic E-state index is -3.59. The average molecular weight is 402 g/mol. The molecule has 1 aromatic rings. The van der Waals surface area contributed by atoms with Crippen LogP contribution in [0.1, 0.15) is 12.8 Å². The predicted molar refractivity (Wildman–Crippen MR) is 95.5 cm³/mol. The highest BCUT2D eigenvalue weighted by atomic mass is 35.5. The summed E-state index contributed by atoms with van der Waals surface area (Å²) in [6, 6.07) is 5.91. The molecule has 1 aliphatic carbocycles. The molecule has 2 aliphatic rings. The van der Waals surface area contributed by atoms with Crippen LogP contribution in [0, 0.1) is 0 Å². The Morgan fingerprint density at radius 1 is 1.23 bits per heavy atom. The van der Waals surface area contributed by atoms with Crippen molar-refractivity contribution in [1.82, 2.24) is 14.9 Å². The number of hydrogen-bond acceptors (Lipinski definition) is 4. The summed E-state index contributed by atoms with van der Waals surface area (Å²) in [5, 5.41) is 5.38. The van der Waals surface area contributed by atoms with Crippen LogP contribution in [0.15, 0.2) is 29.2 Å². The largest absolute Gasteiger partial charge is 0.335 e. The Labute approximate surface area is 157 Å². The van der Waals surface area contributed by atoms with Crippen molar-refractivity contribution < 1.29 is 22.9 Å². The molecule has 2 fully saturated rings. The monoisotopic (exact) mass is 401 g/mol. The van der Waals surface area contributed by atoms with Gasteiger partial charge in [0.05, 0.1) is 31.1 Å². The van der Waals surface area contributed by atoms with Crippen LogP contribution in [-0.4, -0.2) is 63.4 Å². The van der Waals surface area contributed by atoms with E-state index in [1.807, 2.05) is 0 Å². The summed E-state index contributed by atoms with van der Waals surface area (Å²) in [6.45, 7) is 1.76. The van der Waals surface area contributed by atoms with E-state index in [1.54, 1.807) is 12.1 Å². The van der Waals surface area contributed by atoms with Gasteiger partial charge in [-0.3, -0.25) is 10.1 Å². The number of piperazine rings is 1. The zero-order valence-corrected chi connectivity index (χ0v) is 15.8. The second-order valence-electron chi connectivity index (χ2n) is 6.58. The van der Waals surface area contributed by atoms with Gasteiger partial charge in [0.2, 0.25) is 10.0 Å². The lowest BCUT2D eigenvalue weighted by molar-refractivity contribution is -0.895. The molecular formula is C16H22ClN4O4S+. The Morgan fingerprint density at radius 2 is 1.92 bits per heavy atom. The van der Waals surface area contributed by atoms with Gasteiger partial charge in [-0.05, 0) is 31.0 Å². The number of carbonyl (C=O) groups is 2. The van der Waals surface area contributed by atoms with Gasteiger partial charge in [-0.1, -0.05) is 17.7 Å². The first-order valence-corrected chi connectivity index (χ1v) is 10.4. The molecule has 1 saturated carbocycles. The van der Waals surface area contributed by atoms with E-state index in [0.717, 1.165) is 17.7 Å². The van der Waals surface area contributed by atoms with Crippen molar-refractivity contribution in [3.8, 4) is 0 Å². The molecule has 3 amide bonds. The number of benzene rings is 1. The fraction of sp³-hybridized carbons (Fsp3) is 0.500. The maximum absolute atomic E-state index is 12.6. The Hall–Kier alpha value is -1.68. The lowest BCUT2D eigenvalue weighted by atomic mass is 10.3. The minimum absolute atomic E-state index is 0.142. The molecule has 0 bridgehead atoms. The van der Waals surface area contributed by atoms with Gasteiger partial charge in [-0.2, -0.15) is 4.31 Å². The van der Waals surface area contributed by atoms with Gasteiger partial charge in [-0.25, -0.2) is 13.2 Å². The second kappa shape index (κ2) is 7.91. The molecule has 1 saturated heterocycles.